The van der Waals surface area contributed by atoms with Crippen molar-refractivity contribution in [3.63, 3.8) is 0 Å². The number of carbonyl (C=O) groups is 2. The van der Waals surface area contributed by atoms with Crippen molar-refractivity contribution in [2.24, 2.45) is 0 Å². The Hall–Kier alpha value is -3.75. The third-order valence-corrected chi connectivity index (χ3v) is 4.28. The van der Waals surface area contributed by atoms with Crippen molar-refractivity contribution in [3.8, 4) is 17.1 Å². The van der Waals surface area contributed by atoms with E-state index in [4.69, 9.17) is 9.15 Å². The Labute approximate surface area is 176 Å². The first-order chi connectivity index (χ1) is 14.6. The number of alkyl halides is 3. The first kappa shape index (κ1) is 21.9. The molecule has 1 N–H and O–H groups in total. The third kappa shape index (κ3) is 5.65. The van der Waals surface area contributed by atoms with Crippen LogP contribution < -0.4 is 10.1 Å². The van der Waals surface area contributed by atoms with Crippen LogP contribution in [0.1, 0.15) is 16.1 Å². The summed E-state index contributed by atoms with van der Waals surface area (Å²) in [4.78, 5) is 25.3. The molecule has 1 heterocycles. The average Bonchev–Trinajstić information content (AvgIpc) is 3.23. The Morgan fingerprint density at radius 3 is 2.39 bits per heavy atom. The van der Waals surface area contributed by atoms with E-state index in [0.29, 0.717) is 11.4 Å². The zero-order valence-electron chi connectivity index (χ0n) is 16.7. The molecule has 0 saturated carbocycles. The zero-order valence-corrected chi connectivity index (χ0v) is 16.7. The standard InChI is InChI=1S/C22H19F3N2O4/c1-27(2)20(28)13-30-17-8-6-16(7-9-17)26-21(29)19-11-10-18(31-19)14-4-3-5-15(12-14)22(23,24)25/h3-12H,13H2,1-2H3,(H,26,29). The summed E-state index contributed by atoms with van der Waals surface area (Å²) in [5.74, 6) is -0.200. The van der Waals surface area contributed by atoms with Crippen LogP contribution in [-0.4, -0.2) is 37.4 Å². The highest BCUT2D eigenvalue weighted by molar-refractivity contribution is 6.02. The van der Waals surface area contributed by atoms with Gasteiger partial charge in [-0.05, 0) is 48.5 Å². The number of carbonyl (C=O) groups excluding carboxylic acids is 2. The van der Waals surface area contributed by atoms with Gasteiger partial charge in [0.05, 0.1) is 5.56 Å². The summed E-state index contributed by atoms with van der Waals surface area (Å²) in [7, 11) is 3.24. The molecule has 162 valence electrons. The molecule has 2 aromatic carbocycles. The maximum Gasteiger partial charge on any atom is 0.416 e. The highest BCUT2D eigenvalue weighted by Gasteiger charge is 2.30. The number of hydrogen-bond donors (Lipinski definition) is 1. The Morgan fingerprint density at radius 1 is 1.03 bits per heavy atom. The smallest absolute Gasteiger partial charge is 0.416 e. The third-order valence-electron chi connectivity index (χ3n) is 4.28. The zero-order chi connectivity index (χ0) is 22.6. The van der Waals surface area contributed by atoms with Crippen molar-refractivity contribution >= 4 is 17.5 Å². The Balaban J connectivity index is 1.64. The predicted octanol–water partition coefficient (Wildman–Crippen LogP) is 4.68. The summed E-state index contributed by atoms with van der Waals surface area (Å²) in [6, 6.07) is 13.8. The number of amides is 2. The van der Waals surface area contributed by atoms with Gasteiger partial charge in [0.15, 0.2) is 12.4 Å². The van der Waals surface area contributed by atoms with Crippen LogP contribution in [0.5, 0.6) is 5.75 Å². The number of anilines is 1. The fourth-order valence-corrected chi connectivity index (χ4v) is 2.57. The van der Waals surface area contributed by atoms with Gasteiger partial charge in [-0.1, -0.05) is 12.1 Å². The first-order valence-electron chi connectivity index (χ1n) is 9.15. The molecule has 1 aromatic heterocycles. The molecule has 0 unspecified atom stereocenters. The maximum absolute atomic E-state index is 12.9. The molecule has 0 fully saturated rings. The minimum absolute atomic E-state index is 0.0516. The van der Waals surface area contributed by atoms with Crippen molar-refractivity contribution in [1.29, 1.82) is 0 Å². The summed E-state index contributed by atoms with van der Waals surface area (Å²) in [5, 5.41) is 2.63. The van der Waals surface area contributed by atoms with E-state index in [1.54, 1.807) is 38.4 Å². The van der Waals surface area contributed by atoms with E-state index >= 15 is 0 Å². The number of benzene rings is 2. The van der Waals surface area contributed by atoms with Gasteiger partial charge in [-0.15, -0.1) is 0 Å². The minimum Gasteiger partial charge on any atom is -0.484 e. The first-order valence-corrected chi connectivity index (χ1v) is 9.15. The molecule has 0 aliphatic rings. The van der Waals surface area contributed by atoms with Crippen LogP contribution in [0.25, 0.3) is 11.3 Å². The second-order valence-electron chi connectivity index (χ2n) is 6.80. The highest BCUT2D eigenvalue weighted by Crippen LogP contribution is 2.32. The molecule has 0 aliphatic heterocycles. The maximum atomic E-state index is 12.9. The van der Waals surface area contributed by atoms with Crippen LogP contribution in [0.3, 0.4) is 0 Å². The molecular weight excluding hydrogens is 413 g/mol. The van der Waals surface area contributed by atoms with Gasteiger partial charge in [0.2, 0.25) is 0 Å². The van der Waals surface area contributed by atoms with E-state index in [-0.39, 0.29) is 29.6 Å². The number of ether oxygens (including phenoxy) is 1. The molecular formula is C22H19F3N2O4. The lowest BCUT2D eigenvalue weighted by Gasteiger charge is -2.11. The van der Waals surface area contributed by atoms with Gasteiger partial charge in [-0.25, -0.2) is 0 Å². The number of hydrogen-bond acceptors (Lipinski definition) is 4. The van der Waals surface area contributed by atoms with Crippen LogP contribution in [0.4, 0.5) is 18.9 Å². The molecule has 0 aliphatic carbocycles. The topological polar surface area (TPSA) is 71.8 Å². The molecule has 3 rings (SSSR count). The van der Waals surface area contributed by atoms with E-state index in [2.05, 4.69) is 5.32 Å². The van der Waals surface area contributed by atoms with Gasteiger partial charge < -0.3 is 19.4 Å². The monoisotopic (exact) mass is 432 g/mol. The SMILES string of the molecule is CN(C)C(=O)COc1ccc(NC(=O)c2ccc(-c3cccc(C(F)(F)F)c3)o2)cc1. The number of likely N-dealkylation sites (N-methyl/N-ethyl adjacent to an activating group) is 1. The molecule has 6 nitrogen and oxygen atoms in total. The Kier molecular flexibility index (Phi) is 6.33. The molecule has 9 heteroatoms. The average molecular weight is 432 g/mol. The molecule has 3 aromatic rings. The fourth-order valence-electron chi connectivity index (χ4n) is 2.57. The van der Waals surface area contributed by atoms with Gasteiger partial charge in [0, 0.05) is 25.3 Å². The van der Waals surface area contributed by atoms with E-state index in [9.17, 15) is 22.8 Å². The van der Waals surface area contributed by atoms with Gasteiger partial charge in [-0.2, -0.15) is 13.2 Å². The van der Waals surface area contributed by atoms with E-state index in [0.717, 1.165) is 12.1 Å². The van der Waals surface area contributed by atoms with Crippen molar-refractivity contribution in [2.75, 3.05) is 26.0 Å². The van der Waals surface area contributed by atoms with Crippen molar-refractivity contribution in [1.82, 2.24) is 4.90 Å². The highest BCUT2D eigenvalue weighted by atomic mass is 19.4. The van der Waals surface area contributed by atoms with Gasteiger partial charge >= 0.3 is 6.18 Å². The van der Waals surface area contributed by atoms with Crippen LogP contribution >= 0.6 is 0 Å². The molecule has 2 amide bonds. The molecule has 0 atom stereocenters. The molecule has 31 heavy (non-hydrogen) atoms. The van der Waals surface area contributed by atoms with Crippen LogP contribution in [0.15, 0.2) is 65.1 Å². The largest absolute Gasteiger partial charge is 0.484 e. The second kappa shape index (κ2) is 8.95. The van der Waals surface area contributed by atoms with Gasteiger partial charge in [0.1, 0.15) is 11.5 Å². The number of nitrogens with zero attached hydrogens (tertiary/aromatic N) is 1. The van der Waals surface area contributed by atoms with E-state index in [1.807, 2.05) is 0 Å². The Bertz CT molecular complexity index is 1070. The summed E-state index contributed by atoms with van der Waals surface area (Å²) < 4.78 is 49.5. The summed E-state index contributed by atoms with van der Waals surface area (Å²) in [6.45, 7) is -0.108. The van der Waals surface area contributed by atoms with Crippen LogP contribution in [0, 0.1) is 0 Å². The van der Waals surface area contributed by atoms with Crippen molar-refractivity contribution in [3.05, 3.63) is 72.0 Å². The number of rotatable bonds is 6. The van der Waals surface area contributed by atoms with E-state index < -0.39 is 17.6 Å². The predicted molar refractivity (Wildman–Crippen MR) is 108 cm³/mol. The number of halogens is 3. The lowest BCUT2D eigenvalue weighted by molar-refractivity contribution is -0.137. The second-order valence-corrected chi connectivity index (χ2v) is 6.80. The Morgan fingerprint density at radius 2 is 1.74 bits per heavy atom. The number of nitrogens with one attached hydrogen (secondary N) is 1. The van der Waals surface area contributed by atoms with Crippen molar-refractivity contribution in [2.45, 2.75) is 6.18 Å². The van der Waals surface area contributed by atoms with Crippen LogP contribution in [-0.2, 0) is 11.0 Å². The normalized spacial score (nSPS) is 11.1. The van der Waals surface area contributed by atoms with Gasteiger partial charge in [-0.3, -0.25) is 9.59 Å². The lowest BCUT2D eigenvalue weighted by atomic mass is 10.1. The van der Waals surface area contributed by atoms with Gasteiger partial charge in [0.25, 0.3) is 11.8 Å². The number of furan rings is 1. The van der Waals surface area contributed by atoms with Crippen LogP contribution in [0.2, 0.25) is 0 Å². The quantitative estimate of drug-likeness (QED) is 0.614. The molecule has 0 bridgehead atoms. The fraction of sp³-hybridized carbons (Fsp3) is 0.182. The van der Waals surface area contributed by atoms with E-state index in [1.165, 1.54) is 29.2 Å². The summed E-state index contributed by atoms with van der Waals surface area (Å²) in [6.07, 6.45) is -4.47. The summed E-state index contributed by atoms with van der Waals surface area (Å²) in [5.41, 5.74) is -0.141. The lowest BCUT2D eigenvalue weighted by Crippen LogP contribution is -2.27. The van der Waals surface area contributed by atoms with Crippen molar-refractivity contribution < 1.29 is 31.9 Å². The minimum atomic E-state index is -4.47. The summed E-state index contributed by atoms with van der Waals surface area (Å²) >= 11 is 0. The molecule has 0 spiro atoms. The molecule has 0 saturated heterocycles. The molecule has 0 radical (unpaired) electrons.